The molecule has 2 aliphatic rings. The maximum atomic E-state index is 13.7. The highest BCUT2D eigenvalue weighted by atomic mass is 16.6. The number of methoxy groups -OCH3 is 1. The van der Waals surface area contributed by atoms with E-state index in [1.807, 2.05) is 67.6 Å². The van der Waals surface area contributed by atoms with Gasteiger partial charge in [0.25, 0.3) is 0 Å². The van der Waals surface area contributed by atoms with Gasteiger partial charge in [-0.1, -0.05) is 36.4 Å². The highest BCUT2D eigenvalue weighted by Gasteiger charge is 2.53. The number of carbonyl (C=O) groups is 2. The van der Waals surface area contributed by atoms with Gasteiger partial charge in [-0.15, -0.1) is 0 Å². The predicted octanol–water partition coefficient (Wildman–Crippen LogP) is 6.18. The van der Waals surface area contributed by atoms with Crippen molar-refractivity contribution in [3.05, 3.63) is 113 Å². The van der Waals surface area contributed by atoms with Gasteiger partial charge in [0.2, 0.25) is 0 Å². The molecule has 5 rings (SSSR count). The molecule has 6 heteroatoms. The second-order valence-electron chi connectivity index (χ2n) is 9.26. The summed E-state index contributed by atoms with van der Waals surface area (Å²) in [5.41, 5.74) is 3.53. The molecule has 0 aromatic heterocycles. The van der Waals surface area contributed by atoms with E-state index in [9.17, 15) is 9.59 Å². The summed E-state index contributed by atoms with van der Waals surface area (Å²) in [7, 11) is 1.59. The van der Waals surface area contributed by atoms with Crippen LogP contribution in [-0.2, 0) is 15.1 Å². The maximum absolute atomic E-state index is 13.7. The first-order chi connectivity index (χ1) is 18.4. The number of ketones is 1. The third-order valence-corrected chi connectivity index (χ3v) is 7.15. The molecule has 3 aromatic carbocycles. The standard InChI is InChI=1S/C32H30N2O4/c1-5-34(6-2)23-16-17-26(30(19-23)37-4)32(25-15-11-10-14-24(25)31(36)38-32)27-20-28(21(3)18-29(27)35)33-22-12-8-7-9-13-22/h7-20H,5-6H2,1-4H3. The SMILES string of the molecule is CCN(CC)c1ccc(C2(C3=CC(=Nc4ccccc4)C(C)=CC3=O)OC(=O)c3ccccc32)c(OC)c1. The van der Waals surface area contributed by atoms with Crippen LogP contribution in [0.15, 0.2) is 101 Å². The lowest BCUT2D eigenvalue weighted by atomic mass is 9.75. The molecule has 0 saturated heterocycles. The van der Waals surface area contributed by atoms with Crippen LogP contribution in [0.5, 0.6) is 5.75 Å². The van der Waals surface area contributed by atoms with E-state index in [0.717, 1.165) is 30.0 Å². The Morgan fingerprint density at radius 2 is 1.61 bits per heavy atom. The number of nitrogens with zero attached hydrogens (tertiary/aromatic N) is 2. The van der Waals surface area contributed by atoms with Gasteiger partial charge < -0.3 is 14.4 Å². The number of benzene rings is 3. The van der Waals surface area contributed by atoms with Crippen molar-refractivity contribution in [1.82, 2.24) is 0 Å². The van der Waals surface area contributed by atoms with Crippen LogP contribution in [0, 0.1) is 0 Å². The molecule has 0 amide bonds. The molecule has 38 heavy (non-hydrogen) atoms. The fourth-order valence-electron chi connectivity index (χ4n) is 5.23. The van der Waals surface area contributed by atoms with Gasteiger partial charge >= 0.3 is 5.97 Å². The summed E-state index contributed by atoms with van der Waals surface area (Å²) < 4.78 is 12.1. The first-order valence-corrected chi connectivity index (χ1v) is 12.8. The number of esters is 1. The van der Waals surface area contributed by atoms with Crippen molar-refractivity contribution < 1.29 is 19.1 Å². The van der Waals surface area contributed by atoms with Crippen molar-refractivity contribution in [1.29, 1.82) is 0 Å². The number of aliphatic imine (C=N–C) groups is 1. The highest BCUT2D eigenvalue weighted by molar-refractivity contribution is 6.23. The number of allylic oxidation sites excluding steroid dienone is 3. The van der Waals surface area contributed by atoms with E-state index in [0.29, 0.717) is 33.7 Å². The molecule has 0 fully saturated rings. The molecule has 3 aromatic rings. The quantitative estimate of drug-likeness (QED) is 0.283. The number of fused-ring (bicyclic) bond motifs is 1. The monoisotopic (exact) mass is 506 g/mol. The lowest BCUT2D eigenvalue weighted by Crippen LogP contribution is -2.36. The molecule has 1 unspecified atom stereocenters. The molecular weight excluding hydrogens is 476 g/mol. The Morgan fingerprint density at radius 1 is 0.895 bits per heavy atom. The van der Waals surface area contributed by atoms with Gasteiger partial charge in [-0.2, -0.15) is 0 Å². The number of anilines is 1. The normalized spacial score (nSPS) is 19.5. The van der Waals surface area contributed by atoms with Crippen molar-refractivity contribution in [3.8, 4) is 5.75 Å². The highest BCUT2D eigenvalue weighted by Crippen LogP contribution is 2.51. The Bertz CT molecular complexity index is 1500. The van der Waals surface area contributed by atoms with E-state index in [2.05, 4.69) is 18.7 Å². The van der Waals surface area contributed by atoms with Crippen LogP contribution >= 0.6 is 0 Å². The number of hydrogen-bond donors (Lipinski definition) is 0. The summed E-state index contributed by atoms with van der Waals surface area (Å²) in [5, 5.41) is 0. The Labute approximate surface area is 222 Å². The van der Waals surface area contributed by atoms with Gasteiger partial charge in [-0.3, -0.25) is 4.79 Å². The number of carbonyl (C=O) groups excluding carboxylic acids is 2. The molecule has 192 valence electrons. The van der Waals surface area contributed by atoms with Gasteiger partial charge in [0, 0.05) is 36.0 Å². The largest absolute Gasteiger partial charge is 0.496 e. The van der Waals surface area contributed by atoms with Crippen molar-refractivity contribution in [2.45, 2.75) is 26.4 Å². The van der Waals surface area contributed by atoms with Crippen LogP contribution in [0.4, 0.5) is 11.4 Å². The molecule has 0 N–H and O–H groups in total. The molecule has 0 spiro atoms. The van der Waals surface area contributed by atoms with E-state index in [1.165, 1.54) is 0 Å². The number of cyclic esters (lactones) is 1. The molecule has 1 heterocycles. The average molecular weight is 507 g/mol. The minimum Gasteiger partial charge on any atom is -0.496 e. The zero-order chi connectivity index (χ0) is 26.9. The third kappa shape index (κ3) is 4.12. The fraction of sp³-hybridized carbons (Fsp3) is 0.219. The van der Waals surface area contributed by atoms with E-state index in [4.69, 9.17) is 14.5 Å². The Kier molecular flexibility index (Phi) is 6.72. The lowest BCUT2D eigenvalue weighted by molar-refractivity contribution is -0.113. The molecule has 1 aliphatic heterocycles. The Hall–Kier alpha value is -4.45. The third-order valence-electron chi connectivity index (χ3n) is 7.15. The van der Waals surface area contributed by atoms with Crippen LogP contribution in [-0.4, -0.2) is 37.7 Å². The van der Waals surface area contributed by atoms with Crippen molar-refractivity contribution in [2.75, 3.05) is 25.1 Å². The summed E-state index contributed by atoms with van der Waals surface area (Å²) in [6.07, 6.45) is 3.31. The van der Waals surface area contributed by atoms with E-state index in [1.54, 1.807) is 31.4 Å². The van der Waals surface area contributed by atoms with E-state index in [-0.39, 0.29) is 5.78 Å². The Balaban J connectivity index is 1.78. The van der Waals surface area contributed by atoms with Crippen LogP contribution < -0.4 is 9.64 Å². The molecular formula is C32H30N2O4. The van der Waals surface area contributed by atoms with Crippen molar-refractivity contribution in [3.63, 3.8) is 0 Å². The van der Waals surface area contributed by atoms with Gasteiger partial charge in [-0.25, -0.2) is 9.79 Å². The maximum Gasteiger partial charge on any atom is 0.340 e. The predicted molar refractivity (Wildman–Crippen MR) is 150 cm³/mol. The Morgan fingerprint density at radius 3 is 2.32 bits per heavy atom. The van der Waals surface area contributed by atoms with Crippen molar-refractivity contribution in [2.24, 2.45) is 4.99 Å². The summed E-state index contributed by atoms with van der Waals surface area (Å²) in [5.74, 6) is -0.202. The number of para-hydroxylation sites is 1. The molecule has 1 atom stereocenters. The first kappa shape index (κ1) is 25.2. The summed E-state index contributed by atoms with van der Waals surface area (Å²) in [4.78, 5) is 34.0. The topological polar surface area (TPSA) is 68.2 Å². The van der Waals surface area contributed by atoms with Crippen LogP contribution in [0.1, 0.15) is 42.3 Å². The van der Waals surface area contributed by atoms with Gasteiger partial charge in [0.05, 0.1) is 29.6 Å². The average Bonchev–Trinajstić information content (AvgIpc) is 3.24. The van der Waals surface area contributed by atoms with Crippen LogP contribution in [0.3, 0.4) is 0 Å². The first-order valence-electron chi connectivity index (χ1n) is 12.8. The zero-order valence-electron chi connectivity index (χ0n) is 22.0. The molecule has 6 nitrogen and oxygen atoms in total. The molecule has 1 aliphatic carbocycles. The smallest absolute Gasteiger partial charge is 0.340 e. The lowest BCUT2D eigenvalue weighted by Gasteiger charge is -2.34. The fourth-order valence-corrected chi connectivity index (χ4v) is 5.23. The van der Waals surface area contributed by atoms with Crippen LogP contribution in [0.25, 0.3) is 0 Å². The van der Waals surface area contributed by atoms with Gasteiger partial charge in [-0.05, 0) is 68.8 Å². The summed E-state index contributed by atoms with van der Waals surface area (Å²) >= 11 is 0. The summed E-state index contributed by atoms with van der Waals surface area (Å²) in [6, 6.07) is 22.6. The number of hydrogen-bond acceptors (Lipinski definition) is 6. The minimum atomic E-state index is -1.49. The van der Waals surface area contributed by atoms with E-state index >= 15 is 0 Å². The minimum absolute atomic E-state index is 0.242. The zero-order valence-corrected chi connectivity index (χ0v) is 22.0. The van der Waals surface area contributed by atoms with Crippen LogP contribution in [0.2, 0.25) is 0 Å². The second-order valence-corrected chi connectivity index (χ2v) is 9.26. The summed E-state index contributed by atoms with van der Waals surface area (Å²) in [6.45, 7) is 7.69. The number of ether oxygens (including phenoxy) is 2. The van der Waals surface area contributed by atoms with Gasteiger partial charge in [0.15, 0.2) is 11.4 Å². The number of rotatable bonds is 7. The van der Waals surface area contributed by atoms with Crippen molar-refractivity contribution >= 4 is 28.8 Å². The molecule has 0 bridgehead atoms. The molecule has 0 saturated carbocycles. The molecule has 0 radical (unpaired) electrons. The second kappa shape index (κ2) is 10.1. The van der Waals surface area contributed by atoms with E-state index < -0.39 is 11.6 Å². The van der Waals surface area contributed by atoms with Gasteiger partial charge in [0.1, 0.15) is 5.75 Å².